The van der Waals surface area contributed by atoms with Gasteiger partial charge in [0.25, 0.3) is 5.91 Å². The minimum Gasteiger partial charge on any atom is -0.489 e. The highest BCUT2D eigenvalue weighted by atomic mass is 16.6. The molecule has 0 aromatic heterocycles. The molecule has 1 amide bonds. The second kappa shape index (κ2) is 8.66. The number of carbonyl (C=O) groups is 1. The molecule has 4 nitrogen and oxygen atoms in total. The van der Waals surface area contributed by atoms with Crippen LogP contribution in [0.4, 0.5) is 0 Å². The molecule has 0 saturated heterocycles. The number of nitrogens with one attached hydrogen (secondary N) is 1. The Kier molecular flexibility index (Phi) is 5.80. The third-order valence-corrected chi connectivity index (χ3v) is 3.61. The number of rotatable bonds is 7. The zero-order valence-electron chi connectivity index (χ0n) is 13.7. The van der Waals surface area contributed by atoms with Crippen LogP contribution in [-0.2, 0) is 18.1 Å². The lowest BCUT2D eigenvalue weighted by Gasteiger charge is -2.08. The van der Waals surface area contributed by atoms with Crippen molar-refractivity contribution in [2.45, 2.75) is 13.2 Å². The minimum absolute atomic E-state index is 0.272. The Balaban J connectivity index is 1.47. The summed E-state index contributed by atoms with van der Waals surface area (Å²) in [6, 6.07) is 26.5. The highest BCUT2D eigenvalue weighted by Crippen LogP contribution is 2.12. The van der Waals surface area contributed by atoms with Crippen LogP contribution in [0, 0.1) is 0 Å². The largest absolute Gasteiger partial charge is 0.489 e. The van der Waals surface area contributed by atoms with Gasteiger partial charge in [0.1, 0.15) is 12.4 Å². The van der Waals surface area contributed by atoms with Crippen LogP contribution in [0.3, 0.4) is 0 Å². The summed E-state index contributed by atoms with van der Waals surface area (Å²) in [7, 11) is 0. The monoisotopic (exact) mass is 333 g/mol. The first-order valence-corrected chi connectivity index (χ1v) is 8.04. The first-order valence-electron chi connectivity index (χ1n) is 8.04. The van der Waals surface area contributed by atoms with Crippen molar-refractivity contribution in [3.63, 3.8) is 0 Å². The molecule has 0 aliphatic rings. The summed E-state index contributed by atoms with van der Waals surface area (Å²) in [6.45, 7) is 0.784. The van der Waals surface area contributed by atoms with E-state index in [2.05, 4.69) is 5.48 Å². The lowest BCUT2D eigenvalue weighted by atomic mass is 10.1. The van der Waals surface area contributed by atoms with Crippen molar-refractivity contribution in [3.8, 4) is 5.75 Å². The summed E-state index contributed by atoms with van der Waals surface area (Å²) in [4.78, 5) is 17.3. The summed E-state index contributed by atoms with van der Waals surface area (Å²) in [5, 5.41) is 0. The van der Waals surface area contributed by atoms with Crippen molar-refractivity contribution in [2.75, 3.05) is 0 Å². The Morgan fingerprint density at radius 1 is 0.720 bits per heavy atom. The molecule has 3 aromatic carbocycles. The maximum atomic E-state index is 12.1. The molecule has 0 aliphatic carbocycles. The van der Waals surface area contributed by atoms with Crippen molar-refractivity contribution in [1.29, 1.82) is 0 Å². The van der Waals surface area contributed by atoms with Crippen LogP contribution in [-0.4, -0.2) is 5.91 Å². The van der Waals surface area contributed by atoms with E-state index in [1.807, 2.05) is 72.8 Å². The fourth-order valence-corrected chi connectivity index (χ4v) is 2.25. The van der Waals surface area contributed by atoms with Crippen LogP contribution in [0.25, 0.3) is 0 Å². The predicted molar refractivity (Wildman–Crippen MR) is 95.9 cm³/mol. The van der Waals surface area contributed by atoms with Gasteiger partial charge in [-0.2, -0.15) is 0 Å². The van der Waals surface area contributed by atoms with E-state index >= 15 is 0 Å². The van der Waals surface area contributed by atoms with Gasteiger partial charge in [0, 0.05) is 5.56 Å². The molecule has 0 aliphatic heterocycles. The second-order valence-electron chi connectivity index (χ2n) is 5.50. The van der Waals surface area contributed by atoms with Crippen molar-refractivity contribution in [2.24, 2.45) is 0 Å². The molecule has 3 aromatic rings. The quantitative estimate of drug-likeness (QED) is 0.662. The molecule has 0 radical (unpaired) electrons. The van der Waals surface area contributed by atoms with Gasteiger partial charge in [0.05, 0.1) is 6.61 Å². The number of benzene rings is 3. The van der Waals surface area contributed by atoms with Crippen LogP contribution in [0.15, 0.2) is 84.9 Å². The molecule has 3 rings (SSSR count). The molecule has 1 N–H and O–H groups in total. The molecule has 0 bridgehead atoms. The number of hydrogen-bond acceptors (Lipinski definition) is 3. The van der Waals surface area contributed by atoms with Crippen molar-refractivity contribution < 1.29 is 14.4 Å². The van der Waals surface area contributed by atoms with E-state index in [1.165, 1.54) is 0 Å². The van der Waals surface area contributed by atoms with Crippen molar-refractivity contribution in [3.05, 3.63) is 102 Å². The normalized spacial score (nSPS) is 10.2. The predicted octanol–water partition coefficient (Wildman–Crippen LogP) is 4.13. The van der Waals surface area contributed by atoms with E-state index in [1.54, 1.807) is 12.1 Å². The summed E-state index contributed by atoms with van der Waals surface area (Å²) in [5.41, 5.74) is 4.98. The van der Waals surface area contributed by atoms with Gasteiger partial charge in [-0.3, -0.25) is 9.63 Å². The van der Waals surface area contributed by atoms with Crippen molar-refractivity contribution >= 4 is 5.91 Å². The number of hydroxylamine groups is 1. The highest BCUT2D eigenvalue weighted by Gasteiger charge is 2.06. The summed E-state index contributed by atoms with van der Waals surface area (Å²) >= 11 is 0. The van der Waals surface area contributed by atoms with E-state index < -0.39 is 0 Å². The van der Waals surface area contributed by atoms with E-state index in [0.29, 0.717) is 18.8 Å². The van der Waals surface area contributed by atoms with E-state index in [-0.39, 0.29) is 5.91 Å². The van der Waals surface area contributed by atoms with Gasteiger partial charge in [-0.15, -0.1) is 0 Å². The Hall–Kier alpha value is -3.11. The number of amides is 1. The first kappa shape index (κ1) is 16.7. The highest BCUT2D eigenvalue weighted by molar-refractivity contribution is 5.93. The summed E-state index contributed by atoms with van der Waals surface area (Å²) < 4.78 is 5.68. The van der Waals surface area contributed by atoms with Crippen LogP contribution >= 0.6 is 0 Å². The van der Waals surface area contributed by atoms with E-state index in [4.69, 9.17) is 9.57 Å². The fourth-order valence-electron chi connectivity index (χ4n) is 2.25. The van der Waals surface area contributed by atoms with Crippen LogP contribution < -0.4 is 10.2 Å². The lowest BCUT2D eigenvalue weighted by molar-refractivity contribution is 0.0233. The van der Waals surface area contributed by atoms with Gasteiger partial charge in [-0.05, 0) is 35.4 Å². The maximum Gasteiger partial charge on any atom is 0.274 e. The first-order chi connectivity index (χ1) is 12.3. The van der Waals surface area contributed by atoms with E-state index in [9.17, 15) is 4.79 Å². The molecule has 25 heavy (non-hydrogen) atoms. The molecule has 126 valence electrons. The van der Waals surface area contributed by atoms with Gasteiger partial charge in [0.2, 0.25) is 0 Å². The van der Waals surface area contributed by atoms with Crippen molar-refractivity contribution in [1.82, 2.24) is 5.48 Å². The zero-order valence-corrected chi connectivity index (χ0v) is 13.7. The Morgan fingerprint density at radius 2 is 1.32 bits per heavy atom. The molecule has 0 saturated carbocycles. The molecule has 0 heterocycles. The Labute approximate surface area is 147 Å². The molecular weight excluding hydrogens is 314 g/mol. The minimum atomic E-state index is -0.272. The molecule has 4 heteroatoms. The molecule has 0 atom stereocenters. The molecular formula is C21H19NO3. The summed E-state index contributed by atoms with van der Waals surface area (Å²) in [5.74, 6) is 0.546. The molecule has 0 spiro atoms. The Morgan fingerprint density at radius 3 is 2.00 bits per heavy atom. The third-order valence-electron chi connectivity index (χ3n) is 3.61. The molecule has 0 fully saturated rings. The van der Waals surface area contributed by atoms with Crippen LogP contribution in [0.5, 0.6) is 5.75 Å². The average molecular weight is 333 g/mol. The van der Waals surface area contributed by atoms with Crippen LogP contribution in [0.2, 0.25) is 0 Å². The molecule has 0 unspecified atom stereocenters. The zero-order chi connectivity index (χ0) is 17.3. The standard InChI is InChI=1S/C21H19NO3/c23-21(22-25-16-17-7-3-1-4-8-17)19-13-11-18(12-14-19)15-24-20-9-5-2-6-10-20/h1-14H,15-16H2,(H,22,23). The third kappa shape index (κ3) is 5.19. The average Bonchev–Trinajstić information content (AvgIpc) is 2.68. The lowest BCUT2D eigenvalue weighted by Crippen LogP contribution is -2.23. The Bertz CT molecular complexity index is 786. The number of carbonyl (C=O) groups excluding carboxylic acids is 1. The van der Waals surface area contributed by atoms with Gasteiger partial charge >= 0.3 is 0 Å². The van der Waals surface area contributed by atoms with Gasteiger partial charge < -0.3 is 4.74 Å². The smallest absolute Gasteiger partial charge is 0.274 e. The van der Waals surface area contributed by atoms with Gasteiger partial charge in [0.15, 0.2) is 0 Å². The maximum absolute atomic E-state index is 12.1. The van der Waals surface area contributed by atoms with Crippen LogP contribution in [0.1, 0.15) is 21.5 Å². The fraction of sp³-hybridized carbons (Fsp3) is 0.0952. The number of para-hydroxylation sites is 1. The topological polar surface area (TPSA) is 47.6 Å². The van der Waals surface area contributed by atoms with E-state index in [0.717, 1.165) is 16.9 Å². The number of ether oxygens (including phenoxy) is 1. The number of hydrogen-bond donors (Lipinski definition) is 1. The van der Waals surface area contributed by atoms with Gasteiger partial charge in [-0.25, -0.2) is 5.48 Å². The second-order valence-corrected chi connectivity index (χ2v) is 5.50. The summed E-state index contributed by atoms with van der Waals surface area (Å²) in [6.07, 6.45) is 0. The van der Waals surface area contributed by atoms with Gasteiger partial charge in [-0.1, -0.05) is 60.7 Å². The SMILES string of the molecule is O=C(NOCc1ccccc1)c1ccc(COc2ccccc2)cc1.